The van der Waals surface area contributed by atoms with Gasteiger partial charge >= 0.3 is 5.97 Å². The minimum Gasteiger partial charge on any atom is -0.368 e. The third kappa shape index (κ3) is 6.73. The Kier molecular flexibility index (Phi) is 7.07. The fourth-order valence-electron chi connectivity index (χ4n) is 1.52. The maximum absolute atomic E-state index is 10.9. The normalized spacial score (nSPS) is 21.8. The van der Waals surface area contributed by atoms with Crippen LogP contribution in [0.4, 0.5) is 0 Å². The monoisotopic (exact) mass is 230 g/mol. The number of rotatable bonds is 1. The maximum Gasteiger partial charge on any atom is 0.322 e. The van der Waals surface area contributed by atoms with Crippen LogP contribution < -0.4 is 16.0 Å². The number of hydroxylamine groups is 2. The van der Waals surface area contributed by atoms with Gasteiger partial charge in [-0.05, 0) is 0 Å². The van der Waals surface area contributed by atoms with E-state index in [0.29, 0.717) is 0 Å². The van der Waals surface area contributed by atoms with E-state index in [0.717, 1.165) is 52.4 Å². The van der Waals surface area contributed by atoms with Gasteiger partial charge in [-0.25, -0.2) is 0 Å². The molecule has 0 saturated carbocycles. The van der Waals surface area contributed by atoms with Crippen LogP contribution in [0.1, 0.15) is 6.92 Å². The Balaban J connectivity index is 2.27. The third-order valence-corrected chi connectivity index (χ3v) is 2.29. The van der Waals surface area contributed by atoms with Crippen LogP contribution in [-0.4, -0.2) is 63.4 Å². The van der Waals surface area contributed by atoms with E-state index >= 15 is 0 Å². The molecule has 6 nitrogen and oxygen atoms in total. The Morgan fingerprint density at radius 2 is 1.38 bits per heavy atom. The number of hydrogen-bond acceptors (Lipinski definition) is 6. The summed E-state index contributed by atoms with van der Waals surface area (Å²) in [6.45, 7) is 8.35. The fourth-order valence-corrected chi connectivity index (χ4v) is 1.52. The van der Waals surface area contributed by atoms with E-state index in [9.17, 15) is 4.79 Å². The number of nitrogens with one attached hydrogen (secondary N) is 3. The maximum atomic E-state index is 10.9. The van der Waals surface area contributed by atoms with Crippen LogP contribution in [0.2, 0.25) is 0 Å². The van der Waals surface area contributed by atoms with Gasteiger partial charge in [0.25, 0.3) is 0 Å². The highest BCUT2D eigenvalue weighted by atomic mass is 16.7. The summed E-state index contributed by atoms with van der Waals surface area (Å²) >= 11 is 0. The largest absolute Gasteiger partial charge is 0.368 e. The summed E-state index contributed by atoms with van der Waals surface area (Å²) in [5.74, 6) is -0.256. The van der Waals surface area contributed by atoms with E-state index in [4.69, 9.17) is 4.84 Å². The van der Waals surface area contributed by atoms with Crippen molar-refractivity contribution in [2.45, 2.75) is 6.92 Å². The zero-order chi connectivity index (χ0) is 11.6. The van der Waals surface area contributed by atoms with E-state index in [1.165, 1.54) is 6.92 Å². The van der Waals surface area contributed by atoms with Crippen molar-refractivity contribution < 1.29 is 9.63 Å². The van der Waals surface area contributed by atoms with Gasteiger partial charge in [0.15, 0.2) is 0 Å². The second kappa shape index (κ2) is 8.46. The van der Waals surface area contributed by atoms with Gasteiger partial charge in [0, 0.05) is 59.3 Å². The molecule has 0 radical (unpaired) electrons. The van der Waals surface area contributed by atoms with Crippen LogP contribution in [0.15, 0.2) is 0 Å². The average molecular weight is 230 g/mol. The summed E-state index contributed by atoms with van der Waals surface area (Å²) in [4.78, 5) is 16.0. The summed E-state index contributed by atoms with van der Waals surface area (Å²) in [6, 6.07) is 0. The van der Waals surface area contributed by atoms with E-state index in [1.807, 2.05) is 0 Å². The SMILES string of the molecule is CC(=O)ON1CCNCCNCCNCC1. The lowest BCUT2D eigenvalue weighted by atomic mass is 10.4. The number of carbonyl (C=O) groups excluding carboxylic acids is 1. The van der Waals surface area contributed by atoms with Crippen molar-refractivity contribution in [1.82, 2.24) is 21.0 Å². The van der Waals surface area contributed by atoms with Crippen LogP contribution in [0.25, 0.3) is 0 Å². The first-order valence-electron chi connectivity index (χ1n) is 5.84. The Morgan fingerprint density at radius 1 is 0.938 bits per heavy atom. The topological polar surface area (TPSA) is 65.6 Å². The Hall–Kier alpha value is -0.690. The molecule has 0 atom stereocenters. The molecule has 3 N–H and O–H groups in total. The molecule has 0 spiro atoms. The Labute approximate surface area is 96.7 Å². The highest BCUT2D eigenvalue weighted by Gasteiger charge is 2.08. The standard InChI is InChI=1S/C10H22N4O2/c1-10(15)16-14-8-6-12-4-2-11-3-5-13-7-9-14/h11-13H,2-9H2,1H3. The molecule has 1 aliphatic heterocycles. The molecule has 0 amide bonds. The summed E-state index contributed by atoms with van der Waals surface area (Å²) in [6.07, 6.45) is 0. The van der Waals surface area contributed by atoms with Crippen molar-refractivity contribution >= 4 is 5.97 Å². The summed E-state index contributed by atoms with van der Waals surface area (Å²) in [5, 5.41) is 11.6. The van der Waals surface area contributed by atoms with Gasteiger partial charge < -0.3 is 20.8 Å². The zero-order valence-corrected chi connectivity index (χ0v) is 9.92. The minimum atomic E-state index is -0.256. The van der Waals surface area contributed by atoms with Crippen LogP contribution in [-0.2, 0) is 9.63 Å². The van der Waals surface area contributed by atoms with Crippen LogP contribution in [0, 0.1) is 0 Å². The predicted octanol–water partition coefficient (Wildman–Crippen LogP) is -1.45. The fraction of sp³-hybridized carbons (Fsp3) is 0.900. The van der Waals surface area contributed by atoms with Gasteiger partial charge in [0.05, 0.1) is 0 Å². The van der Waals surface area contributed by atoms with E-state index < -0.39 is 0 Å². The van der Waals surface area contributed by atoms with Gasteiger partial charge in [0.2, 0.25) is 0 Å². The van der Waals surface area contributed by atoms with Crippen LogP contribution >= 0.6 is 0 Å². The molecule has 16 heavy (non-hydrogen) atoms. The first kappa shape index (κ1) is 13.4. The Morgan fingerprint density at radius 3 is 1.81 bits per heavy atom. The summed E-state index contributed by atoms with van der Waals surface area (Å²) in [7, 11) is 0. The van der Waals surface area contributed by atoms with Crippen LogP contribution in [0.3, 0.4) is 0 Å². The van der Waals surface area contributed by atoms with Gasteiger partial charge in [0.1, 0.15) is 0 Å². The molecule has 0 aromatic rings. The summed E-state index contributed by atoms with van der Waals surface area (Å²) < 4.78 is 0. The molecule has 6 heteroatoms. The molecule has 0 aromatic carbocycles. The molecule has 1 aliphatic rings. The smallest absolute Gasteiger partial charge is 0.322 e. The van der Waals surface area contributed by atoms with Gasteiger partial charge in [-0.3, -0.25) is 4.79 Å². The van der Waals surface area contributed by atoms with Crippen molar-refractivity contribution in [3.63, 3.8) is 0 Å². The van der Waals surface area contributed by atoms with Crippen LogP contribution in [0.5, 0.6) is 0 Å². The second-order valence-corrected chi connectivity index (χ2v) is 3.76. The number of nitrogens with zero attached hydrogens (tertiary/aromatic N) is 1. The third-order valence-electron chi connectivity index (χ3n) is 2.29. The predicted molar refractivity (Wildman–Crippen MR) is 61.9 cm³/mol. The molecule has 1 saturated heterocycles. The molecule has 0 bridgehead atoms. The highest BCUT2D eigenvalue weighted by molar-refractivity contribution is 5.65. The van der Waals surface area contributed by atoms with Crippen molar-refractivity contribution in [2.24, 2.45) is 0 Å². The van der Waals surface area contributed by atoms with E-state index in [2.05, 4.69) is 16.0 Å². The quantitative estimate of drug-likeness (QED) is 0.512. The molecule has 0 unspecified atom stereocenters. The molecular weight excluding hydrogens is 208 g/mol. The lowest BCUT2D eigenvalue weighted by Gasteiger charge is -2.21. The number of carbonyl (C=O) groups is 1. The first-order chi connectivity index (χ1) is 7.79. The molecule has 0 aromatic heterocycles. The van der Waals surface area contributed by atoms with Gasteiger partial charge in [-0.15, -0.1) is 5.06 Å². The molecule has 0 aliphatic carbocycles. The van der Waals surface area contributed by atoms with Crippen molar-refractivity contribution in [3.05, 3.63) is 0 Å². The molecule has 1 fully saturated rings. The Bertz CT molecular complexity index is 189. The lowest BCUT2D eigenvalue weighted by Crippen LogP contribution is -2.42. The molecule has 1 heterocycles. The first-order valence-corrected chi connectivity index (χ1v) is 5.84. The molecular formula is C10H22N4O2. The zero-order valence-electron chi connectivity index (χ0n) is 9.92. The highest BCUT2D eigenvalue weighted by Crippen LogP contribution is 1.90. The van der Waals surface area contributed by atoms with E-state index in [1.54, 1.807) is 5.06 Å². The average Bonchev–Trinajstić information content (AvgIpc) is 2.21. The van der Waals surface area contributed by atoms with Crippen molar-refractivity contribution in [2.75, 3.05) is 52.4 Å². The van der Waals surface area contributed by atoms with Gasteiger partial charge in [-0.1, -0.05) is 0 Å². The lowest BCUT2D eigenvalue weighted by molar-refractivity contribution is -0.187. The second-order valence-electron chi connectivity index (χ2n) is 3.76. The van der Waals surface area contributed by atoms with E-state index in [-0.39, 0.29) is 5.97 Å². The van der Waals surface area contributed by atoms with Gasteiger partial charge in [-0.2, -0.15) is 0 Å². The molecule has 1 rings (SSSR count). The summed E-state index contributed by atoms with van der Waals surface area (Å²) in [5.41, 5.74) is 0. The van der Waals surface area contributed by atoms with Crippen molar-refractivity contribution in [3.8, 4) is 0 Å². The minimum absolute atomic E-state index is 0.256. The number of hydrogen-bond donors (Lipinski definition) is 3. The van der Waals surface area contributed by atoms with Crippen molar-refractivity contribution in [1.29, 1.82) is 0 Å². The molecule has 94 valence electrons.